The summed E-state index contributed by atoms with van der Waals surface area (Å²) < 4.78 is 0. The lowest BCUT2D eigenvalue weighted by molar-refractivity contribution is 0.301. The molecule has 16 heavy (non-hydrogen) atoms. The zero-order valence-electron chi connectivity index (χ0n) is 9.49. The number of nitrogens with zero attached hydrogens (tertiary/aromatic N) is 2. The molecule has 4 nitrogen and oxygen atoms in total. The molecule has 0 fully saturated rings. The van der Waals surface area contributed by atoms with E-state index in [0.29, 0.717) is 23.1 Å². The predicted molar refractivity (Wildman–Crippen MR) is 67.9 cm³/mol. The molecule has 1 rings (SSSR count). The van der Waals surface area contributed by atoms with E-state index < -0.39 is 0 Å². The van der Waals surface area contributed by atoms with E-state index in [1.165, 1.54) is 0 Å². The van der Waals surface area contributed by atoms with Gasteiger partial charge in [-0.1, -0.05) is 24.9 Å². The molecule has 5 heteroatoms. The van der Waals surface area contributed by atoms with Gasteiger partial charge in [0, 0.05) is 13.1 Å². The minimum Gasteiger partial charge on any atom is -0.397 e. The molecule has 0 bridgehead atoms. The standard InChI is InChI=1S/C11H18ClN3O/c1-2-3-4-15(5-6-16)11-10(12)7-9(13)8-14-11/h7-8,16H,2-6,13H2,1H3. The summed E-state index contributed by atoms with van der Waals surface area (Å²) >= 11 is 6.07. The second kappa shape index (κ2) is 6.55. The molecule has 90 valence electrons. The minimum atomic E-state index is 0.0894. The van der Waals surface area contributed by atoms with Crippen LogP contribution in [-0.2, 0) is 0 Å². The maximum atomic E-state index is 9.01. The Balaban J connectivity index is 2.82. The molecule has 0 atom stereocenters. The van der Waals surface area contributed by atoms with Gasteiger partial charge in [-0.2, -0.15) is 0 Å². The summed E-state index contributed by atoms with van der Waals surface area (Å²) in [5.41, 5.74) is 6.14. The Kier molecular flexibility index (Phi) is 5.35. The van der Waals surface area contributed by atoms with Crippen LogP contribution in [-0.4, -0.2) is 29.8 Å². The van der Waals surface area contributed by atoms with E-state index in [2.05, 4.69) is 11.9 Å². The van der Waals surface area contributed by atoms with E-state index in [0.717, 1.165) is 19.4 Å². The topological polar surface area (TPSA) is 62.4 Å². The SMILES string of the molecule is CCCCN(CCO)c1ncc(N)cc1Cl. The maximum Gasteiger partial charge on any atom is 0.147 e. The van der Waals surface area contributed by atoms with E-state index >= 15 is 0 Å². The Morgan fingerprint density at radius 2 is 2.25 bits per heavy atom. The smallest absolute Gasteiger partial charge is 0.147 e. The number of hydrogen-bond donors (Lipinski definition) is 2. The van der Waals surface area contributed by atoms with Gasteiger partial charge in [-0.15, -0.1) is 0 Å². The number of aliphatic hydroxyl groups excluding tert-OH is 1. The summed E-state index contributed by atoms with van der Waals surface area (Å²) in [6, 6.07) is 1.68. The summed E-state index contributed by atoms with van der Waals surface area (Å²) in [5, 5.41) is 9.54. The molecular weight excluding hydrogens is 226 g/mol. The van der Waals surface area contributed by atoms with Crippen molar-refractivity contribution >= 4 is 23.1 Å². The van der Waals surface area contributed by atoms with Crippen molar-refractivity contribution < 1.29 is 5.11 Å². The van der Waals surface area contributed by atoms with Gasteiger partial charge in [-0.05, 0) is 12.5 Å². The van der Waals surface area contributed by atoms with Crippen molar-refractivity contribution in [3.63, 3.8) is 0 Å². The van der Waals surface area contributed by atoms with Crippen molar-refractivity contribution in [2.45, 2.75) is 19.8 Å². The van der Waals surface area contributed by atoms with Gasteiger partial charge in [0.05, 0.1) is 23.5 Å². The second-order valence-electron chi connectivity index (χ2n) is 3.64. The minimum absolute atomic E-state index is 0.0894. The predicted octanol–water partition coefficient (Wildman–Crippen LogP) is 1.92. The lowest BCUT2D eigenvalue weighted by Crippen LogP contribution is -2.28. The van der Waals surface area contributed by atoms with Gasteiger partial charge in [-0.25, -0.2) is 4.98 Å². The Morgan fingerprint density at radius 3 is 2.81 bits per heavy atom. The van der Waals surface area contributed by atoms with Crippen molar-refractivity contribution in [3.8, 4) is 0 Å². The van der Waals surface area contributed by atoms with E-state index in [1.54, 1.807) is 12.3 Å². The van der Waals surface area contributed by atoms with Crippen LogP contribution >= 0.6 is 11.6 Å². The van der Waals surface area contributed by atoms with Gasteiger partial charge in [-0.3, -0.25) is 0 Å². The van der Waals surface area contributed by atoms with Gasteiger partial charge < -0.3 is 15.7 Å². The molecule has 0 aromatic carbocycles. The van der Waals surface area contributed by atoms with Crippen molar-refractivity contribution in [1.29, 1.82) is 0 Å². The summed E-state index contributed by atoms with van der Waals surface area (Å²) in [5.74, 6) is 0.693. The van der Waals surface area contributed by atoms with Crippen LogP contribution in [0.2, 0.25) is 5.02 Å². The lowest BCUT2D eigenvalue weighted by atomic mass is 10.3. The van der Waals surface area contributed by atoms with Crippen LogP contribution in [0.25, 0.3) is 0 Å². The third-order valence-electron chi connectivity index (χ3n) is 2.29. The number of rotatable bonds is 6. The quantitative estimate of drug-likeness (QED) is 0.801. The molecule has 0 aliphatic carbocycles. The summed E-state index contributed by atoms with van der Waals surface area (Å²) in [7, 11) is 0. The first-order valence-corrected chi connectivity index (χ1v) is 5.83. The fraction of sp³-hybridized carbons (Fsp3) is 0.545. The van der Waals surface area contributed by atoms with Crippen LogP contribution in [0, 0.1) is 0 Å². The van der Waals surface area contributed by atoms with Crippen LogP contribution in [0.1, 0.15) is 19.8 Å². The monoisotopic (exact) mass is 243 g/mol. The van der Waals surface area contributed by atoms with E-state index in [1.807, 2.05) is 4.90 Å². The number of aromatic nitrogens is 1. The average molecular weight is 244 g/mol. The van der Waals surface area contributed by atoms with Crippen LogP contribution in [0.4, 0.5) is 11.5 Å². The van der Waals surface area contributed by atoms with Crippen LogP contribution in [0.15, 0.2) is 12.3 Å². The Hall–Kier alpha value is -1.00. The van der Waals surface area contributed by atoms with Crippen LogP contribution in [0.5, 0.6) is 0 Å². The van der Waals surface area contributed by atoms with Gasteiger partial charge in [0.2, 0.25) is 0 Å². The van der Waals surface area contributed by atoms with Gasteiger partial charge in [0.1, 0.15) is 5.82 Å². The molecule has 0 aliphatic rings. The van der Waals surface area contributed by atoms with Gasteiger partial charge >= 0.3 is 0 Å². The van der Waals surface area contributed by atoms with Crippen molar-refractivity contribution in [2.24, 2.45) is 0 Å². The molecule has 0 amide bonds. The highest BCUT2D eigenvalue weighted by Crippen LogP contribution is 2.24. The first kappa shape index (κ1) is 13.1. The fourth-order valence-corrected chi connectivity index (χ4v) is 1.77. The molecule has 1 heterocycles. The first-order valence-electron chi connectivity index (χ1n) is 5.45. The van der Waals surface area contributed by atoms with E-state index in [9.17, 15) is 0 Å². The molecule has 0 radical (unpaired) electrons. The van der Waals surface area contributed by atoms with Gasteiger partial charge in [0.15, 0.2) is 0 Å². The Labute approximate surface area is 101 Å². The highest BCUT2D eigenvalue weighted by atomic mass is 35.5. The first-order chi connectivity index (χ1) is 7.69. The fourth-order valence-electron chi connectivity index (χ4n) is 1.47. The molecule has 0 aliphatic heterocycles. The Bertz CT molecular complexity index is 333. The number of nitrogen functional groups attached to an aromatic ring is 1. The van der Waals surface area contributed by atoms with Crippen LogP contribution < -0.4 is 10.6 Å². The zero-order valence-corrected chi connectivity index (χ0v) is 10.2. The molecule has 0 saturated heterocycles. The number of hydrogen-bond acceptors (Lipinski definition) is 4. The largest absolute Gasteiger partial charge is 0.397 e. The molecule has 0 spiro atoms. The van der Waals surface area contributed by atoms with E-state index in [4.69, 9.17) is 22.4 Å². The second-order valence-corrected chi connectivity index (χ2v) is 4.05. The number of aliphatic hydroxyl groups is 1. The molecule has 1 aromatic heterocycles. The third kappa shape index (κ3) is 3.54. The van der Waals surface area contributed by atoms with Crippen LogP contribution in [0.3, 0.4) is 0 Å². The normalized spacial score (nSPS) is 10.4. The van der Waals surface area contributed by atoms with Crippen molar-refractivity contribution in [3.05, 3.63) is 17.3 Å². The maximum absolute atomic E-state index is 9.01. The highest BCUT2D eigenvalue weighted by Gasteiger charge is 2.11. The third-order valence-corrected chi connectivity index (χ3v) is 2.57. The zero-order chi connectivity index (χ0) is 12.0. The van der Waals surface area contributed by atoms with Crippen molar-refractivity contribution in [2.75, 3.05) is 30.3 Å². The molecule has 0 saturated carbocycles. The van der Waals surface area contributed by atoms with Crippen molar-refractivity contribution in [1.82, 2.24) is 4.98 Å². The molecule has 1 aromatic rings. The summed E-state index contributed by atoms with van der Waals surface area (Å²) in [6.07, 6.45) is 3.72. The molecule has 0 unspecified atom stereocenters. The summed E-state index contributed by atoms with van der Waals surface area (Å²) in [6.45, 7) is 3.59. The number of pyridine rings is 1. The number of nitrogens with two attached hydrogens (primary N) is 1. The van der Waals surface area contributed by atoms with Gasteiger partial charge in [0.25, 0.3) is 0 Å². The Morgan fingerprint density at radius 1 is 1.50 bits per heavy atom. The number of anilines is 2. The molecule has 3 N–H and O–H groups in total. The summed E-state index contributed by atoms with van der Waals surface area (Å²) in [4.78, 5) is 6.18. The number of unbranched alkanes of at least 4 members (excludes halogenated alkanes) is 1. The number of halogens is 1. The van der Waals surface area contributed by atoms with E-state index in [-0.39, 0.29) is 6.61 Å². The average Bonchev–Trinajstić information content (AvgIpc) is 2.25. The highest BCUT2D eigenvalue weighted by molar-refractivity contribution is 6.33. The molecular formula is C11H18ClN3O. The lowest BCUT2D eigenvalue weighted by Gasteiger charge is -2.23.